The molecule has 110 valence electrons. The molecular formula is C16H22BrNO2. The third-order valence-corrected chi connectivity index (χ3v) is 4.36. The fraction of sp³-hybridized carbons (Fsp3) is 0.438. The van der Waals surface area contributed by atoms with Crippen molar-refractivity contribution in [3.8, 4) is 5.75 Å². The summed E-state index contributed by atoms with van der Waals surface area (Å²) in [5.41, 5.74) is 1.08. The van der Waals surface area contributed by atoms with Crippen LogP contribution in [0.5, 0.6) is 5.75 Å². The van der Waals surface area contributed by atoms with Crippen LogP contribution in [0.3, 0.4) is 0 Å². The number of hydrogen-bond donors (Lipinski definition) is 0. The van der Waals surface area contributed by atoms with Crippen molar-refractivity contribution in [3.05, 3.63) is 42.5 Å². The molecule has 0 saturated heterocycles. The molecule has 1 unspecified atom stereocenters. The highest BCUT2D eigenvalue weighted by Crippen LogP contribution is 2.17. The number of benzene rings is 1. The maximum atomic E-state index is 12.1. The Morgan fingerprint density at radius 3 is 2.50 bits per heavy atom. The summed E-state index contributed by atoms with van der Waals surface area (Å²) in [7, 11) is 1.82. The zero-order valence-corrected chi connectivity index (χ0v) is 13.9. The number of alkyl halides is 1. The lowest BCUT2D eigenvalue weighted by atomic mass is 10.1. The molecule has 0 radical (unpaired) electrons. The van der Waals surface area contributed by atoms with E-state index in [2.05, 4.69) is 22.5 Å². The summed E-state index contributed by atoms with van der Waals surface area (Å²) >= 11 is 3.44. The van der Waals surface area contributed by atoms with E-state index in [0.29, 0.717) is 13.2 Å². The van der Waals surface area contributed by atoms with E-state index in [1.54, 1.807) is 11.0 Å². The number of ether oxygens (including phenoxy) is 1. The Kier molecular flexibility index (Phi) is 6.79. The lowest BCUT2D eigenvalue weighted by molar-refractivity contribution is -0.130. The van der Waals surface area contributed by atoms with Gasteiger partial charge in [-0.15, -0.1) is 0 Å². The molecule has 3 nitrogen and oxygen atoms in total. The van der Waals surface area contributed by atoms with Crippen molar-refractivity contribution >= 4 is 21.8 Å². The van der Waals surface area contributed by atoms with Gasteiger partial charge < -0.3 is 9.64 Å². The van der Waals surface area contributed by atoms with Crippen molar-refractivity contribution in [3.63, 3.8) is 0 Å². The Hall–Kier alpha value is -1.29. The van der Waals surface area contributed by atoms with Crippen LogP contribution in [0.4, 0.5) is 0 Å². The fourth-order valence-electron chi connectivity index (χ4n) is 1.69. The van der Waals surface area contributed by atoms with Crippen molar-refractivity contribution < 1.29 is 9.53 Å². The van der Waals surface area contributed by atoms with Gasteiger partial charge in [-0.2, -0.15) is 0 Å². The molecule has 1 aromatic rings. The van der Waals surface area contributed by atoms with E-state index in [4.69, 9.17) is 4.74 Å². The number of halogens is 1. The van der Waals surface area contributed by atoms with Crippen molar-refractivity contribution in [1.29, 1.82) is 0 Å². The molecule has 0 aliphatic rings. The summed E-state index contributed by atoms with van der Waals surface area (Å²) in [4.78, 5) is 13.7. The van der Waals surface area contributed by atoms with E-state index >= 15 is 0 Å². The van der Waals surface area contributed by atoms with Crippen LogP contribution < -0.4 is 4.74 Å². The minimum Gasteiger partial charge on any atom is -0.490 e. The van der Waals surface area contributed by atoms with Gasteiger partial charge in [0.1, 0.15) is 12.4 Å². The number of hydrogen-bond acceptors (Lipinski definition) is 2. The van der Waals surface area contributed by atoms with E-state index < -0.39 is 0 Å². The summed E-state index contributed by atoms with van der Waals surface area (Å²) in [6, 6.07) is 7.76. The lowest BCUT2D eigenvalue weighted by Crippen LogP contribution is -2.35. The number of carbonyl (C=O) groups excluding carboxylic acids is 1. The molecular weight excluding hydrogens is 318 g/mol. The molecule has 1 aromatic carbocycles. The maximum absolute atomic E-state index is 12.1. The molecule has 0 aliphatic heterocycles. The van der Waals surface area contributed by atoms with Crippen molar-refractivity contribution in [2.24, 2.45) is 5.92 Å². The van der Waals surface area contributed by atoms with Gasteiger partial charge in [0.05, 0.1) is 4.83 Å². The third kappa shape index (κ3) is 5.00. The average molecular weight is 340 g/mol. The van der Waals surface area contributed by atoms with Crippen LogP contribution in [0, 0.1) is 5.92 Å². The molecule has 0 fully saturated rings. The molecule has 0 aromatic heterocycles. The highest BCUT2D eigenvalue weighted by molar-refractivity contribution is 9.10. The van der Waals surface area contributed by atoms with E-state index in [0.717, 1.165) is 11.3 Å². The van der Waals surface area contributed by atoms with Crippen LogP contribution in [0.1, 0.15) is 19.4 Å². The van der Waals surface area contributed by atoms with Crippen LogP contribution in [0.15, 0.2) is 36.9 Å². The second-order valence-electron chi connectivity index (χ2n) is 5.08. The molecule has 0 spiro atoms. The topological polar surface area (TPSA) is 29.5 Å². The zero-order chi connectivity index (χ0) is 15.1. The monoisotopic (exact) mass is 339 g/mol. The Balaban J connectivity index is 2.59. The Morgan fingerprint density at radius 2 is 2.00 bits per heavy atom. The molecule has 0 N–H and O–H groups in total. The van der Waals surface area contributed by atoms with Crippen LogP contribution in [-0.4, -0.2) is 29.3 Å². The Bertz CT molecular complexity index is 442. The second kappa shape index (κ2) is 8.10. The zero-order valence-electron chi connectivity index (χ0n) is 12.3. The minimum atomic E-state index is -0.136. The Morgan fingerprint density at radius 1 is 1.40 bits per heavy atom. The summed E-state index contributed by atoms with van der Waals surface area (Å²) in [5.74, 6) is 1.19. The van der Waals surface area contributed by atoms with Gasteiger partial charge in [0.25, 0.3) is 0 Å². The van der Waals surface area contributed by atoms with Crippen molar-refractivity contribution in [2.45, 2.75) is 25.2 Å². The van der Waals surface area contributed by atoms with Gasteiger partial charge in [-0.05, 0) is 23.6 Å². The largest absolute Gasteiger partial charge is 0.490 e. The van der Waals surface area contributed by atoms with Gasteiger partial charge in [-0.3, -0.25) is 4.79 Å². The van der Waals surface area contributed by atoms with Gasteiger partial charge in [-0.1, -0.05) is 54.6 Å². The van der Waals surface area contributed by atoms with Gasteiger partial charge in [0, 0.05) is 13.6 Å². The first-order chi connectivity index (χ1) is 9.45. The minimum absolute atomic E-state index is 0.104. The Labute approximate surface area is 129 Å². The van der Waals surface area contributed by atoms with Crippen LogP contribution in [0.25, 0.3) is 0 Å². The van der Waals surface area contributed by atoms with Gasteiger partial charge in [0.2, 0.25) is 5.91 Å². The van der Waals surface area contributed by atoms with E-state index in [1.165, 1.54) is 0 Å². The predicted octanol–water partition coefficient (Wildman–Crippen LogP) is 3.63. The van der Waals surface area contributed by atoms with Gasteiger partial charge in [0.15, 0.2) is 0 Å². The molecule has 0 aliphatic carbocycles. The molecule has 1 atom stereocenters. The van der Waals surface area contributed by atoms with E-state index in [9.17, 15) is 4.79 Å². The van der Waals surface area contributed by atoms with Crippen LogP contribution in [0.2, 0.25) is 0 Å². The van der Waals surface area contributed by atoms with Crippen LogP contribution >= 0.6 is 15.9 Å². The highest BCUT2D eigenvalue weighted by atomic mass is 79.9. The summed E-state index contributed by atoms with van der Waals surface area (Å²) < 4.78 is 5.43. The fourth-order valence-corrected chi connectivity index (χ4v) is 2.04. The van der Waals surface area contributed by atoms with E-state index in [-0.39, 0.29) is 16.7 Å². The number of nitrogens with zero attached hydrogens (tertiary/aromatic N) is 1. The number of rotatable bonds is 7. The predicted molar refractivity (Wildman–Crippen MR) is 86.2 cm³/mol. The van der Waals surface area contributed by atoms with Crippen molar-refractivity contribution in [2.75, 3.05) is 13.7 Å². The first-order valence-electron chi connectivity index (χ1n) is 6.67. The quantitative estimate of drug-likeness (QED) is 0.560. The first-order valence-corrected chi connectivity index (χ1v) is 7.59. The number of amides is 1. The van der Waals surface area contributed by atoms with Crippen molar-refractivity contribution in [1.82, 2.24) is 4.90 Å². The molecule has 4 heteroatoms. The molecule has 1 rings (SSSR count). The SMILES string of the molecule is C=CCOc1ccc(CN(C)C(=O)C(Br)C(C)C)cc1. The average Bonchev–Trinajstić information content (AvgIpc) is 2.44. The lowest BCUT2D eigenvalue weighted by Gasteiger charge is -2.22. The normalized spacial score (nSPS) is 12.1. The van der Waals surface area contributed by atoms with Gasteiger partial charge >= 0.3 is 0 Å². The third-order valence-electron chi connectivity index (χ3n) is 2.91. The number of carbonyl (C=O) groups is 1. The first kappa shape index (κ1) is 16.8. The highest BCUT2D eigenvalue weighted by Gasteiger charge is 2.22. The summed E-state index contributed by atoms with van der Waals surface area (Å²) in [5, 5.41) is 0. The van der Waals surface area contributed by atoms with E-state index in [1.807, 2.05) is 45.2 Å². The molecule has 0 heterocycles. The molecule has 1 amide bonds. The van der Waals surface area contributed by atoms with Crippen LogP contribution in [-0.2, 0) is 11.3 Å². The molecule has 20 heavy (non-hydrogen) atoms. The molecule has 0 bridgehead atoms. The standard InChI is InChI=1S/C16H22BrNO2/c1-5-10-20-14-8-6-13(7-9-14)11-18(4)16(19)15(17)12(2)3/h5-9,12,15H,1,10-11H2,2-4H3. The molecule has 0 saturated carbocycles. The summed E-state index contributed by atoms with van der Waals surface area (Å²) in [6.45, 7) is 8.75. The summed E-state index contributed by atoms with van der Waals surface area (Å²) in [6.07, 6.45) is 1.71. The smallest absolute Gasteiger partial charge is 0.236 e. The maximum Gasteiger partial charge on any atom is 0.236 e. The second-order valence-corrected chi connectivity index (χ2v) is 6.07. The van der Waals surface area contributed by atoms with Gasteiger partial charge in [-0.25, -0.2) is 0 Å².